The summed E-state index contributed by atoms with van der Waals surface area (Å²) in [5.74, 6) is 0. The lowest BCUT2D eigenvalue weighted by Gasteiger charge is -2.21. The number of likely N-dealkylation sites (N-methyl/N-ethyl adjacent to an activating group) is 1. The molecule has 0 heterocycles. The Hall–Kier alpha value is -0.750. The fourth-order valence-electron chi connectivity index (χ4n) is 1.96. The molecular weight excluding hydrogens is 280 g/mol. The number of hydrogen-bond donors (Lipinski definition) is 3. The highest BCUT2D eigenvalue weighted by molar-refractivity contribution is 7.99. The molecule has 1 aromatic rings. The quantitative estimate of drug-likeness (QED) is 0.456. The van der Waals surface area contributed by atoms with Gasteiger partial charge in [-0.1, -0.05) is 13.8 Å². The molecule has 0 amide bonds. The first-order valence-corrected chi connectivity index (χ1v) is 8.55. The van der Waals surface area contributed by atoms with Gasteiger partial charge in [-0.2, -0.15) is 0 Å². The molecule has 120 valence electrons. The Morgan fingerprint density at radius 2 is 1.76 bits per heavy atom. The first-order chi connectivity index (χ1) is 10.0. The van der Waals surface area contributed by atoms with Crippen molar-refractivity contribution >= 4 is 17.4 Å². The molecule has 21 heavy (non-hydrogen) atoms. The summed E-state index contributed by atoms with van der Waals surface area (Å²) in [7, 11) is 2.13. The van der Waals surface area contributed by atoms with E-state index in [1.54, 1.807) is 0 Å². The maximum Gasteiger partial charge on any atom is 0.0551 e. The second kappa shape index (κ2) is 10.1. The predicted octanol–water partition coefficient (Wildman–Crippen LogP) is 2.11. The van der Waals surface area contributed by atoms with E-state index >= 15 is 0 Å². The van der Waals surface area contributed by atoms with Gasteiger partial charge in [-0.15, -0.1) is 11.8 Å². The van der Waals surface area contributed by atoms with Crippen molar-refractivity contribution in [1.29, 1.82) is 0 Å². The SMILES string of the molecule is CC(C)NCCN(C)c1ccc(SC(C)NCCN)cc1. The van der Waals surface area contributed by atoms with E-state index in [-0.39, 0.29) is 0 Å². The fourth-order valence-corrected chi connectivity index (χ4v) is 2.86. The minimum atomic E-state index is 0.382. The summed E-state index contributed by atoms with van der Waals surface area (Å²) in [5, 5.41) is 7.20. The van der Waals surface area contributed by atoms with Crippen LogP contribution in [-0.4, -0.2) is 44.6 Å². The van der Waals surface area contributed by atoms with Crippen LogP contribution in [-0.2, 0) is 0 Å². The average Bonchev–Trinajstić information content (AvgIpc) is 2.45. The highest BCUT2D eigenvalue weighted by atomic mass is 32.2. The predicted molar refractivity (Wildman–Crippen MR) is 95.2 cm³/mol. The minimum absolute atomic E-state index is 0.382. The van der Waals surface area contributed by atoms with Gasteiger partial charge in [0.15, 0.2) is 0 Å². The summed E-state index contributed by atoms with van der Waals surface area (Å²) < 4.78 is 0. The van der Waals surface area contributed by atoms with E-state index in [4.69, 9.17) is 5.73 Å². The molecule has 1 aromatic carbocycles. The van der Waals surface area contributed by atoms with Crippen molar-refractivity contribution in [2.24, 2.45) is 5.73 Å². The van der Waals surface area contributed by atoms with Gasteiger partial charge in [0.1, 0.15) is 0 Å². The van der Waals surface area contributed by atoms with Crippen molar-refractivity contribution in [2.45, 2.75) is 37.1 Å². The van der Waals surface area contributed by atoms with Crippen LogP contribution >= 0.6 is 11.8 Å². The van der Waals surface area contributed by atoms with Gasteiger partial charge in [0.25, 0.3) is 0 Å². The molecule has 0 fully saturated rings. The van der Waals surface area contributed by atoms with E-state index in [1.165, 1.54) is 10.6 Å². The zero-order valence-corrected chi connectivity index (χ0v) is 14.5. The molecule has 1 rings (SSSR count). The molecule has 0 saturated carbocycles. The van der Waals surface area contributed by atoms with Crippen LogP contribution in [0.2, 0.25) is 0 Å². The monoisotopic (exact) mass is 310 g/mol. The zero-order chi connectivity index (χ0) is 15.7. The molecule has 1 atom stereocenters. The molecule has 0 aliphatic rings. The van der Waals surface area contributed by atoms with Crippen molar-refractivity contribution in [3.63, 3.8) is 0 Å². The number of nitrogens with zero attached hydrogens (tertiary/aromatic N) is 1. The molecule has 4 N–H and O–H groups in total. The summed E-state index contributed by atoms with van der Waals surface area (Å²) in [5.41, 5.74) is 6.76. The van der Waals surface area contributed by atoms with Gasteiger partial charge >= 0.3 is 0 Å². The summed E-state index contributed by atoms with van der Waals surface area (Å²) in [4.78, 5) is 3.56. The van der Waals surface area contributed by atoms with Crippen molar-refractivity contribution in [2.75, 3.05) is 38.1 Å². The molecule has 0 aliphatic carbocycles. The van der Waals surface area contributed by atoms with E-state index in [2.05, 4.69) is 67.6 Å². The van der Waals surface area contributed by atoms with Gasteiger partial charge in [0.2, 0.25) is 0 Å². The van der Waals surface area contributed by atoms with Gasteiger partial charge in [-0.05, 0) is 31.2 Å². The Morgan fingerprint density at radius 1 is 1.10 bits per heavy atom. The van der Waals surface area contributed by atoms with Gasteiger partial charge in [0.05, 0.1) is 5.37 Å². The molecule has 0 spiro atoms. The number of nitrogens with one attached hydrogen (secondary N) is 2. The third-order valence-corrected chi connectivity index (χ3v) is 4.23. The van der Waals surface area contributed by atoms with E-state index in [1.807, 2.05) is 11.8 Å². The molecule has 0 saturated heterocycles. The lowest BCUT2D eigenvalue weighted by atomic mass is 10.3. The number of anilines is 1. The Labute approximate surface area is 133 Å². The Kier molecular flexibility index (Phi) is 8.76. The van der Waals surface area contributed by atoms with Gasteiger partial charge in [-0.25, -0.2) is 0 Å². The maximum absolute atomic E-state index is 5.50. The lowest BCUT2D eigenvalue weighted by Crippen LogP contribution is -2.32. The van der Waals surface area contributed by atoms with Crippen LogP contribution < -0.4 is 21.3 Å². The average molecular weight is 311 g/mol. The summed E-state index contributed by atoms with van der Waals surface area (Å²) in [6.45, 7) is 10.1. The maximum atomic E-state index is 5.50. The first-order valence-electron chi connectivity index (χ1n) is 7.67. The smallest absolute Gasteiger partial charge is 0.0551 e. The van der Waals surface area contributed by atoms with Crippen molar-refractivity contribution in [3.8, 4) is 0 Å². The van der Waals surface area contributed by atoms with Crippen LogP contribution in [0.3, 0.4) is 0 Å². The van der Waals surface area contributed by atoms with Crippen LogP contribution in [0.15, 0.2) is 29.2 Å². The van der Waals surface area contributed by atoms with Crippen molar-refractivity contribution in [3.05, 3.63) is 24.3 Å². The standard InChI is InChI=1S/C16H30N4S/c1-13(2)18-11-12-20(4)15-5-7-16(8-6-15)21-14(3)19-10-9-17/h5-8,13-14,18-19H,9-12,17H2,1-4H3. The lowest BCUT2D eigenvalue weighted by molar-refractivity contribution is 0.589. The van der Waals surface area contributed by atoms with Crippen molar-refractivity contribution < 1.29 is 0 Å². The molecule has 5 heteroatoms. The van der Waals surface area contributed by atoms with Gasteiger partial charge in [-0.3, -0.25) is 0 Å². The number of thioether (sulfide) groups is 1. The molecule has 0 radical (unpaired) electrons. The molecule has 1 unspecified atom stereocenters. The largest absolute Gasteiger partial charge is 0.373 e. The second-order valence-corrected chi connectivity index (χ2v) is 6.94. The Morgan fingerprint density at radius 3 is 2.33 bits per heavy atom. The number of rotatable bonds is 10. The zero-order valence-electron chi connectivity index (χ0n) is 13.7. The Bertz CT molecular complexity index is 380. The molecule has 4 nitrogen and oxygen atoms in total. The highest BCUT2D eigenvalue weighted by Gasteiger charge is 2.05. The third-order valence-electron chi connectivity index (χ3n) is 3.17. The number of benzene rings is 1. The van der Waals surface area contributed by atoms with Gasteiger partial charge < -0.3 is 21.3 Å². The molecule has 0 bridgehead atoms. The number of nitrogens with two attached hydrogens (primary N) is 1. The fraction of sp³-hybridized carbons (Fsp3) is 0.625. The van der Waals surface area contributed by atoms with E-state index in [0.717, 1.165) is 19.6 Å². The minimum Gasteiger partial charge on any atom is -0.373 e. The second-order valence-electron chi connectivity index (χ2n) is 5.53. The molecule has 0 aliphatic heterocycles. The van der Waals surface area contributed by atoms with Crippen LogP contribution in [0.4, 0.5) is 5.69 Å². The normalized spacial score (nSPS) is 12.7. The van der Waals surface area contributed by atoms with Crippen molar-refractivity contribution in [1.82, 2.24) is 10.6 Å². The first kappa shape index (κ1) is 18.3. The van der Waals surface area contributed by atoms with Crippen LogP contribution in [0.25, 0.3) is 0 Å². The van der Waals surface area contributed by atoms with E-state index in [0.29, 0.717) is 18.0 Å². The van der Waals surface area contributed by atoms with E-state index in [9.17, 15) is 0 Å². The summed E-state index contributed by atoms with van der Waals surface area (Å²) >= 11 is 1.83. The third kappa shape index (κ3) is 7.71. The van der Waals surface area contributed by atoms with Gasteiger partial charge in [0, 0.05) is 49.9 Å². The molecular formula is C16H30N4S. The number of hydrogen-bond acceptors (Lipinski definition) is 5. The Balaban J connectivity index is 2.41. The summed E-state index contributed by atoms with van der Waals surface area (Å²) in [6.07, 6.45) is 0. The van der Waals surface area contributed by atoms with Crippen LogP contribution in [0.5, 0.6) is 0 Å². The molecule has 0 aromatic heterocycles. The topological polar surface area (TPSA) is 53.3 Å². The van der Waals surface area contributed by atoms with E-state index < -0.39 is 0 Å². The highest BCUT2D eigenvalue weighted by Crippen LogP contribution is 2.24. The van der Waals surface area contributed by atoms with Crippen LogP contribution in [0.1, 0.15) is 20.8 Å². The van der Waals surface area contributed by atoms with Crippen LogP contribution in [0, 0.1) is 0 Å². The summed E-state index contributed by atoms with van der Waals surface area (Å²) in [6, 6.07) is 9.29.